The molecule has 82 valence electrons. The summed E-state index contributed by atoms with van der Waals surface area (Å²) in [6.07, 6.45) is 7.14. The third kappa shape index (κ3) is 4.77. The summed E-state index contributed by atoms with van der Waals surface area (Å²) in [6.45, 7) is 11.0. The van der Waals surface area contributed by atoms with Crippen LogP contribution < -0.4 is 5.32 Å². The molecular formula is C12H24N2. The van der Waals surface area contributed by atoms with Gasteiger partial charge in [0.25, 0.3) is 0 Å². The van der Waals surface area contributed by atoms with Crippen LogP contribution in [-0.4, -0.2) is 37.1 Å². The van der Waals surface area contributed by atoms with Crippen LogP contribution in [0.4, 0.5) is 0 Å². The first-order chi connectivity index (χ1) is 6.83. The minimum atomic E-state index is 0.589. The molecule has 1 heterocycles. The van der Waals surface area contributed by atoms with E-state index in [1.807, 2.05) is 6.08 Å². The molecule has 1 saturated heterocycles. The average molecular weight is 196 g/mol. The van der Waals surface area contributed by atoms with E-state index in [1.54, 1.807) is 0 Å². The molecule has 1 atom stereocenters. The second kappa shape index (κ2) is 7.02. The molecular weight excluding hydrogens is 172 g/mol. The Hall–Kier alpha value is -0.340. The molecule has 0 aliphatic carbocycles. The summed E-state index contributed by atoms with van der Waals surface area (Å²) >= 11 is 0. The van der Waals surface area contributed by atoms with Gasteiger partial charge in [-0.25, -0.2) is 0 Å². The molecule has 0 aromatic rings. The van der Waals surface area contributed by atoms with Crippen molar-refractivity contribution in [3.05, 3.63) is 12.7 Å². The molecule has 1 fully saturated rings. The maximum absolute atomic E-state index is 3.74. The molecule has 2 heteroatoms. The standard InChI is InChI=1S/C12H24N2/c1-3-7-12(2)13-8-6-11-14-9-4-5-10-14/h3,12-13H,1,4-11H2,2H3. The fourth-order valence-corrected chi connectivity index (χ4v) is 1.99. The molecule has 0 amide bonds. The maximum Gasteiger partial charge on any atom is 0.00731 e. The zero-order valence-corrected chi connectivity index (χ0v) is 9.47. The third-order valence-electron chi connectivity index (χ3n) is 2.86. The first-order valence-electron chi connectivity index (χ1n) is 5.89. The van der Waals surface area contributed by atoms with Crippen molar-refractivity contribution in [1.29, 1.82) is 0 Å². The molecule has 0 aromatic carbocycles. The third-order valence-corrected chi connectivity index (χ3v) is 2.86. The number of hydrogen-bond acceptors (Lipinski definition) is 2. The van der Waals surface area contributed by atoms with Crippen LogP contribution in [0, 0.1) is 0 Å². The van der Waals surface area contributed by atoms with Gasteiger partial charge in [-0.15, -0.1) is 6.58 Å². The zero-order chi connectivity index (χ0) is 10.2. The maximum atomic E-state index is 3.74. The smallest absolute Gasteiger partial charge is 0.00731 e. The van der Waals surface area contributed by atoms with E-state index < -0.39 is 0 Å². The lowest BCUT2D eigenvalue weighted by Crippen LogP contribution is -2.29. The van der Waals surface area contributed by atoms with E-state index in [0.717, 1.165) is 13.0 Å². The second-order valence-electron chi connectivity index (χ2n) is 4.28. The minimum Gasteiger partial charge on any atom is -0.314 e. The van der Waals surface area contributed by atoms with Gasteiger partial charge in [0.2, 0.25) is 0 Å². The molecule has 0 bridgehead atoms. The molecule has 0 aromatic heterocycles. The van der Waals surface area contributed by atoms with Crippen LogP contribution in [-0.2, 0) is 0 Å². The van der Waals surface area contributed by atoms with Gasteiger partial charge in [0, 0.05) is 6.04 Å². The Morgan fingerprint density at radius 1 is 1.43 bits per heavy atom. The fourth-order valence-electron chi connectivity index (χ4n) is 1.99. The van der Waals surface area contributed by atoms with Gasteiger partial charge in [0.1, 0.15) is 0 Å². The summed E-state index contributed by atoms with van der Waals surface area (Å²) in [4.78, 5) is 2.57. The second-order valence-corrected chi connectivity index (χ2v) is 4.28. The highest BCUT2D eigenvalue weighted by Gasteiger charge is 2.10. The van der Waals surface area contributed by atoms with E-state index in [2.05, 4.69) is 23.7 Å². The number of nitrogens with zero attached hydrogens (tertiary/aromatic N) is 1. The molecule has 1 N–H and O–H groups in total. The SMILES string of the molecule is C=CCC(C)NCCCN1CCCC1. The van der Waals surface area contributed by atoms with Gasteiger partial charge in [-0.05, 0) is 58.8 Å². The van der Waals surface area contributed by atoms with Crippen LogP contribution in [0.2, 0.25) is 0 Å². The van der Waals surface area contributed by atoms with Crippen molar-refractivity contribution in [2.24, 2.45) is 0 Å². The summed E-state index contributed by atoms with van der Waals surface area (Å²) in [5, 5.41) is 3.51. The van der Waals surface area contributed by atoms with Crippen molar-refractivity contribution in [3.63, 3.8) is 0 Å². The predicted molar refractivity (Wildman–Crippen MR) is 62.6 cm³/mol. The number of rotatable bonds is 7. The van der Waals surface area contributed by atoms with E-state index >= 15 is 0 Å². The van der Waals surface area contributed by atoms with Crippen molar-refractivity contribution in [2.75, 3.05) is 26.2 Å². The molecule has 1 aliphatic heterocycles. The topological polar surface area (TPSA) is 15.3 Å². The minimum absolute atomic E-state index is 0.589. The highest BCUT2D eigenvalue weighted by atomic mass is 15.1. The van der Waals surface area contributed by atoms with E-state index in [0.29, 0.717) is 6.04 Å². The van der Waals surface area contributed by atoms with Gasteiger partial charge in [-0.3, -0.25) is 0 Å². The van der Waals surface area contributed by atoms with E-state index in [-0.39, 0.29) is 0 Å². The van der Waals surface area contributed by atoms with Crippen molar-refractivity contribution < 1.29 is 0 Å². The monoisotopic (exact) mass is 196 g/mol. The summed E-state index contributed by atoms with van der Waals surface area (Å²) in [7, 11) is 0. The van der Waals surface area contributed by atoms with Crippen molar-refractivity contribution in [3.8, 4) is 0 Å². The Morgan fingerprint density at radius 3 is 2.79 bits per heavy atom. The summed E-state index contributed by atoms with van der Waals surface area (Å²) in [6, 6.07) is 0.589. The van der Waals surface area contributed by atoms with Crippen LogP contribution in [0.3, 0.4) is 0 Å². The van der Waals surface area contributed by atoms with E-state index in [4.69, 9.17) is 0 Å². The van der Waals surface area contributed by atoms with Crippen LogP contribution in [0.15, 0.2) is 12.7 Å². The lowest BCUT2D eigenvalue weighted by Gasteiger charge is -2.16. The van der Waals surface area contributed by atoms with Gasteiger partial charge in [-0.2, -0.15) is 0 Å². The summed E-state index contributed by atoms with van der Waals surface area (Å²) in [5.74, 6) is 0. The van der Waals surface area contributed by atoms with E-state index in [1.165, 1.54) is 38.9 Å². The molecule has 0 radical (unpaired) electrons. The van der Waals surface area contributed by atoms with Crippen molar-refractivity contribution >= 4 is 0 Å². The quantitative estimate of drug-likeness (QED) is 0.495. The van der Waals surface area contributed by atoms with Gasteiger partial charge < -0.3 is 10.2 Å². The Kier molecular flexibility index (Phi) is 5.88. The van der Waals surface area contributed by atoms with Gasteiger partial charge >= 0.3 is 0 Å². The average Bonchev–Trinajstić information content (AvgIpc) is 2.65. The van der Waals surface area contributed by atoms with E-state index in [9.17, 15) is 0 Å². The summed E-state index contributed by atoms with van der Waals surface area (Å²) in [5.41, 5.74) is 0. The number of hydrogen-bond donors (Lipinski definition) is 1. The largest absolute Gasteiger partial charge is 0.314 e. The molecule has 2 nitrogen and oxygen atoms in total. The van der Waals surface area contributed by atoms with Crippen LogP contribution in [0.5, 0.6) is 0 Å². The first-order valence-corrected chi connectivity index (χ1v) is 5.89. The summed E-state index contributed by atoms with van der Waals surface area (Å²) < 4.78 is 0. The highest BCUT2D eigenvalue weighted by molar-refractivity contribution is 4.74. The highest BCUT2D eigenvalue weighted by Crippen LogP contribution is 2.06. The Morgan fingerprint density at radius 2 is 2.14 bits per heavy atom. The Bertz CT molecular complexity index is 150. The Balaban J connectivity index is 1.90. The predicted octanol–water partition coefficient (Wildman–Crippen LogP) is 2.03. The normalized spacial score (nSPS) is 19.8. The van der Waals surface area contributed by atoms with Gasteiger partial charge in [0.15, 0.2) is 0 Å². The van der Waals surface area contributed by atoms with Crippen LogP contribution in [0.1, 0.15) is 32.6 Å². The van der Waals surface area contributed by atoms with Crippen molar-refractivity contribution in [2.45, 2.75) is 38.6 Å². The lowest BCUT2D eigenvalue weighted by molar-refractivity contribution is 0.328. The zero-order valence-electron chi connectivity index (χ0n) is 9.47. The number of likely N-dealkylation sites (tertiary alicyclic amines) is 1. The van der Waals surface area contributed by atoms with Crippen LogP contribution >= 0.6 is 0 Å². The first kappa shape index (κ1) is 11.7. The van der Waals surface area contributed by atoms with Crippen molar-refractivity contribution in [1.82, 2.24) is 10.2 Å². The molecule has 0 spiro atoms. The van der Waals surface area contributed by atoms with Gasteiger partial charge in [-0.1, -0.05) is 6.08 Å². The number of nitrogens with one attached hydrogen (secondary N) is 1. The molecule has 1 aliphatic rings. The molecule has 0 saturated carbocycles. The lowest BCUT2D eigenvalue weighted by atomic mass is 10.2. The molecule has 1 rings (SSSR count). The molecule has 1 unspecified atom stereocenters. The van der Waals surface area contributed by atoms with Crippen LogP contribution in [0.25, 0.3) is 0 Å². The fraction of sp³-hybridized carbons (Fsp3) is 0.833. The van der Waals surface area contributed by atoms with Gasteiger partial charge in [0.05, 0.1) is 0 Å². The Labute approximate surface area is 88.4 Å². The molecule has 14 heavy (non-hydrogen) atoms.